The van der Waals surface area contributed by atoms with E-state index in [9.17, 15) is 4.79 Å². The SMILES string of the molecule is Cc1ccc(Oc2ccc(C(=O)NCC3CCCO3)cc2)cc1. The summed E-state index contributed by atoms with van der Waals surface area (Å²) in [4.78, 5) is 12.1. The van der Waals surface area contributed by atoms with Crippen LogP contribution in [-0.2, 0) is 4.74 Å². The highest BCUT2D eigenvalue weighted by Crippen LogP contribution is 2.22. The number of aryl methyl sites for hydroxylation is 1. The van der Waals surface area contributed by atoms with E-state index >= 15 is 0 Å². The Hall–Kier alpha value is -2.33. The molecule has 4 nitrogen and oxygen atoms in total. The predicted octanol–water partition coefficient (Wildman–Crippen LogP) is 3.70. The molecule has 0 radical (unpaired) electrons. The van der Waals surface area contributed by atoms with Gasteiger partial charge in [-0.1, -0.05) is 17.7 Å². The second-order valence-corrected chi connectivity index (χ2v) is 5.78. The number of amides is 1. The molecule has 1 unspecified atom stereocenters. The van der Waals surface area contributed by atoms with E-state index < -0.39 is 0 Å². The molecule has 0 aliphatic carbocycles. The van der Waals surface area contributed by atoms with E-state index in [0.717, 1.165) is 25.2 Å². The largest absolute Gasteiger partial charge is 0.457 e. The van der Waals surface area contributed by atoms with Crippen LogP contribution in [0.4, 0.5) is 0 Å². The fourth-order valence-corrected chi connectivity index (χ4v) is 2.53. The van der Waals surface area contributed by atoms with Gasteiger partial charge in [0.1, 0.15) is 11.5 Å². The number of benzene rings is 2. The highest BCUT2D eigenvalue weighted by molar-refractivity contribution is 5.94. The van der Waals surface area contributed by atoms with Crippen molar-refractivity contribution < 1.29 is 14.3 Å². The van der Waals surface area contributed by atoms with Crippen molar-refractivity contribution in [3.8, 4) is 11.5 Å². The first-order chi connectivity index (χ1) is 11.2. The summed E-state index contributed by atoms with van der Waals surface area (Å²) < 4.78 is 11.3. The highest BCUT2D eigenvalue weighted by atomic mass is 16.5. The Morgan fingerprint density at radius 2 is 1.78 bits per heavy atom. The molecule has 1 atom stereocenters. The van der Waals surface area contributed by atoms with Gasteiger partial charge in [-0.2, -0.15) is 0 Å². The Morgan fingerprint density at radius 1 is 1.13 bits per heavy atom. The van der Waals surface area contributed by atoms with Crippen LogP contribution in [-0.4, -0.2) is 25.2 Å². The van der Waals surface area contributed by atoms with Gasteiger partial charge in [-0.15, -0.1) is 0 Å². The molecule has 1 heterocycles. The van der Waals surface area contributed by atoms with Crippen LogP contribution in [0.25, 0.3) is 0 Å². The molecular formula is C19H21NO3. The first-order valence-corrected chi connectivity index (χ1v) is 7.95. The van der Waals surface area contributed by atoms with Crippen LogP contribution in [0.2, 0.25) is 0 Å². The molecule has 1 amide bonds. The average molecular weight is 311 g/mol. The minimum absolute atomic E-state index is 0.0811. The predicted molar refractivity (Wildman–Crippen MR) is 89.0 cm³/mol. The van der Waals surface area contributed by atoms with Gasteiger partial charge in [0.25, 0.3) is 5.91 Å². The van der Waals surface area contributed by atoms with Gasteiger partial charge in [-0.25, -0.2) is 0 Å². The molecule has 120 valence electrons. The van der Waals surface area contributed by atoms with Crippen LogP contribution in [0.3, 0.4) is 0 Å². The zero-order valence-corrected chi connectivity index (χ0v) is 13.2. The first-order valence-electron chi connectivity index (χ1n) is 7.95. The Morgan fingerprint density at radius 3 is 2.39 bits per heavy atom. The number of hydrogen-bond acceptors (Lipinski definition) is 3. The molecule has 0 spiro atoms. The lowest BCUT2D eigenvalue weighted by Crippen LogP contribution is -2.31. The van der Waals surface area contributed by atoms with E-state index in [1.54, 1.807) is 24.3 Å². The Labute approximate surface area is 136 Å². The molecule has 1 fully saturated rings. The molecule has 3 rings (SSSR count). The number of hydrogen-bond donors (Lipinski definition) is 1. The standard InChI is InChI=1S/C19H21NO3/c1-14-4-8-16(9-5-14)23-17-10-6-15(7-11-17)19(21)20-13-18-3-2-12-22-18/h4-11,18H,2-3,12-13H2,1H3,(H,20,21). The summed E-state index contributed by atoms with van der Waals surface area (Å²) in [5, 5.41) is 2.91. The van der Waals surface area contributed by atoms with Gasteiger partial charge >= 0.3 is 0 Å². The topological polar surface area (TPSA) is 47.6 Å². The van der Waals surface area contributed by atoms with Gasteiger partial charge in [-0.05, 0) is 56.2 Å². The van der Waals surface area contributed by atoms with E-state index in [1.807, 2.05) is 31.2 Å². The van der Waals surface area contributed by atoms with Crippen molar-refractivity contribution in [1.29, 1.82) is 0 Å². The molecule has 4 heteroatoms. The second-order valence-electron chi connectivity index (χ2n) is 5.78. The molecule has 0 saturated carbocycles. The zero-order chi connectivity index (χ0) is 16.1. The van der Waals surface area contributed by atoms with Crippen LogP contribution >= 0.6 is 0 Å². The third-order valence-electron chi connectivity index (χ3n) is 3.89. The van der Waals surface area contributed by atoms with Gasteiger partial charge in [0.05, 0.1) is 6.10 Å². The summed E-state index contributed by atoms with van der Waals surface area (Å²) in [5.74, 6) is 1.41. The summed E-state index contributed by atoms with van der Waals surface area (Å²) in [6.45, 7) is 3.40. The van der Waals surface area contributed by atoms with Gasteiger partial charge in [0.15, 0.2) is 0 Å². The maximum Gasteiger partial charge on any atom is 0.251 e. The number of ether oxygens (including phenoxy) is 2. The minimum Gasteiger partial charge on any atom is -0.457 e. The number of nitrogens with one attached hydrogen (secondary N) is 1. The van der Waals surface area contributed by atoms with Gasteiger partial charge in [-0.3, -0.25) is 4.79 Å². The van der Waals surface area contributed by atoms with Crippen molar-refractivity contribution >= 4 is 5.91 Å². The number of carbonyl (C=O) groups is 1. The van der Waals surface area contributed by atoms with Gasteiger partial charge in [0.2, 0.25) is 0 Å². The Balaban J connectivity index is 1.55. The zero-order valence-electron chi connectivity index (χ0n) is 13.2. The minimum atomic E-state index is -0.0811. The van der Waals surface area contributed by atoms with Crippen molar-refractivity contribution in [3.63, 3.8) is 0 Å². The summed E-state index contributed by atoms with van der Waals surface area (Å²) in [7, 11) is 0. The molecule has 2 aromatic carbocycles. The van der Waals surface area contributed by atoms with E-state index in [4.69, 9.17) is 9.47 Å². The smallest absolute Gasteiger partial charge is 0.251 e. The summed E-state index contributed by atoms with van der Waals surface area (Å²) >= 11 is 0. The molecule has 23 heavy (non-hydrogen) atoms. The molecular weight excluding hydrogens is 290 g/mol. The maximum atomic E-state index is 12.1. The van der Waals surface area contributed by atoms with Crippen LogP contribution in [0.15, 0.2) is 48.5 Å². The van der Waals surface area contributed by atoms with E-state index in [-0.39, 0.29) is 12.0 Å². The Bertz CT molecular complexity index is 643. The molecule has 1 aliphatic rings. The van der Waals surface area contributed by atoms with E-state index in [2.05, 4.69) is 5.32 Å². The molecule has 0 bridgehead atoms. The van der Waals surface area contributed by atoms with Crippen LogP contribution in [0, 0.1) is 6.92 Å². The fourth-order valence-electron chi connectivity index (χ4n) is 2.53. The second kappa shape index (κ2) is 7.29. The fraction of sp³-hybridized carbons (Fsp3) is 0.316. The van der Waals surface area contributed by atoms with Gasteiger partial charge < -0.3 is 14.8 Å². The van der Waals surface area contributed by atoms with Crippen molar-refractivity contribution in [3.05, 3.63) is 59.7 Å². The monoisotopic (exact) mass is 311 g/mol. The van der Waals surface area contributed by atoms with Crippen molar-refractivity contribution in [2.45, 2.75) is 25.9 Å². The molecule has 1 aliphatic heterocycles. The average Bonchev–Trinajstić information content (AvgIpc) is 3.09. The Kier molecular flexibility index (Phi) is 4.93. The lowest BCUT2D eigenvalue weighted by atomic mass is 10.2. The quantitative estimate of drug-likeness (QED) is 0.916. The van der Waals surface area contributed by atoms with Crippen molar-refractivity contribution in [1.82, 2.24) is 5.32 Å². The summed E-state index contributed by atoms with van der Waals surface area (Å²) in [5.41, 5.74) is 1.81. The third kappa shape index (κ3) is 4.33. The first kappa shape index (κ1) is 15.6. The van der Waals surface area contributed by atoms with Crippen LogP contribution in [0.5, 0.6) is 11.5 Å². The van der Waals surface area contributed by atoms with Gasteiger partial charge in [0, 0.05) is 18.7 Å². The lowest BCUT2D eigenvalue weighted by molar-refractivity contribution is 0.0858. The molecule has 0 aromatic heterocycles. The summed E-state index contributed by atoms with van der Waals surface area (Å²) in [6.07, 6.45) is 2.25. The maximum absolute atomic E-state index is 12.1. The van der Waals surface area contributed by atoms with E-state index in [1.165, 1.54) is 5.56 Å². The third-order valence-corrected chi connectivity index (χ3v) is 3.89. The number of rotatable bonds is 5. The highest BCUT2D eigenvalue weighted by Gasteiger charge is 2.16. The van der Waals surface area contributed by atoms with Crippen molar-refractivity contribution in [2.24, 2.45) is 0 Å². The van der Waals surface area contributed by atoms with Crippen molar-refractivity contribution in [2.75, 3.05) is 13.2 Å². The lowest BCUT2D eigenvalue weighted by Gasteiger charge is -2.11. The summed E-state index contributed by atoms with van der Waals surface area (Å²) in [6, 6.07) is 15.0. The normalized spacial score (nSPS) is 17.0. The van der Waals surface area contributed by atoms with Crippen LogP contribution in [0.1, 0.15) is 28.8 Å². The molecule has 1 saturated heterocycles. The molecule has 1 N–H and O–H groups in total. The molecule has 2 aromatic rings. The number of carbonyl (C=O) groups excluding carboxylic acids is 1. The van der Waals surface area contributed by atoms with E-state index in [0.29, 0.717) is 17.9 Å². The van der Waals surface area contributed by atoms with Crippen LogP contribution < -0.4 is 10.1 Å².